The van der Waals surface area contributed by atoms with Crippen LogP contribution < -0.4 is 10.5 Å². The summed E-state index contributed by atoms with van der Waals surface area (Å²) >= 11 is 0. The van der Waals surface area contributed by atoms with Crippen molar-refractivity contribution in [2.75, 3.05) is 25.6 Å². The second kappa shape index (κ2) is 4.86. The van der Waals surface area contributed by atoms with Gasteiger partial charge in [-0.2, -0.15) is 5.26 Å². The van der Waals surface area contributed by atoms with E-state index in [2.05, 4.69) is 6.07 Å². The molecule has 1 aromatic carbocycles. The van der Waals surface area contributed by atoms with Gasteiger partial charge >= 0.3 is 0 Å². The monoisotopic (exact) mass is 218 g/mol. The molecule has 0 spiro atoms. The van der Waals surface area contributed by atoms with Crippen LogP contribution in [0.3, 0.4) is 0 Å². The average molecular weight is 218 g/mol. The summed E-state index contributed by atoms with van der Waals surface area (Å²) in [5, 5.41) is 8.77. The number of nitrogens with zero attached hydrogens (tertiary/aromatic N) is 1. The van der Waals surface area contributed by atoms with Gasteiger partial charge in [-0.3, -0.25) is 0 Å². The van der Waals surface area contributed by atoms with Crippen LogP contribution in [0.25, 0.3) is 0 Å². The van der Waals surface area contributed by atoms with Crippen molar-refractivity contribution < 1.29 is 9.47 Å². The van der Waals surface area contributed by atoms with Crippen LogP contribution in [-0.2, 0) is 4.74 Å². The molecule has 16 heavy (non-hydrogen) atoms. The van der Waals surface area contributed by atoms with Crippen molar-refractivity contribution in [2.24, 2.45) is 5.92 Å². The molecule has 1 fully saturated rings. The van der Waals surface area contributed by atoms with Crippen LogP contribution in [0.1, 0.15) is 12.0 Å². The Bertz CT molecular complexity index is 406. The number of anilines is 1. The Labute approximate surface area is 94.6 Å². The predicted octanol–water partition coefficient (Wildman–Crippen LogP) is 1.56. The van der Waals surface area contributed by atoms with Gasteiger partial charge in [0, 0.05) is 18.6 Å². The number of ether oxygens (including phenoxy) is 2. The summed E-state index contributed by atoms with van der Waals surface area (Å²) in [6.45, 7) is 2.15. The summed E-state index contributed by atoms with van der Waals surface area (Å²) < 4.78 is 10.9. The summed E-state index contributed by atoms with van der Waals surface area (Å²) in [6, 6.07) is 7.11. The Balaban J connectivity index is 2.00. The highest BCUT2D eigenvalue weighted by Crippen LogP contribution is 2.24. The highest BCUT2D eigenvalue weighted by atomic mass is 16.5. The normalized spacial score (nSPS) is 19.3. The zero-order valence-electron chi connectivity index (χ0n) is 8.98. The third-order valence-corrected chi connectivity index (χ3v) is 2.64. The minimum absolute atomic E-state index is 0.435. The predicted molar refractivity (Wildman–Crippen MR) is 60.0 cm³/mol. The van der Waals surface area contributed by atoms with Gasteiger partial charge in [0.1, 0.15) is 5.75 Å². The van der Waals surface area contributed by atoms with E-state index in [0.29, 0.717) is 29.5 Å². The van der Waals surface area contributed by atoms with Gasteiger partial charge in [0.2, 0.25) is 0 Å². The Kier molecular flexibility index (Phi) is 3.28. The Morgan fingerprint density at radius 2 is 2.44 bits per heavy atom. The third-order valence-electron chi connectivity index (χ3n) is 2.64. The lowest BCUT2D eigenvalue weighted by atomic mass is 10.1. The van der Waals surface area contributed by atoms with Crippen LogP contribution in [0.15, 0.2) is 18.2 Å². The van der Waals surface area contributed by atoms with Crippen LogP contribution in [-0.4, -0.2) is 19.8 Å². The maximum Gasteiger partial charge on any atom is 0.143 e. The van der Waals surface area contributed by atoms with E-state index >= 15 is 0 Å². The quantitative estimate of drug-likeness (QED) is 0.781. The molecule has 4 heteroatoms. The minimum Gasteiger partial charge on any atom is -0.491 e. The lowest BCUT2D eigenvalue weighted by Crippen LogP contribution is -2.12. The van der Waals surface area contributed by atoms with Gasteiger partial charge in [0.05, 0.1) is 30.5 Å². The second-order valence-corrected chi connectivity index (χ2v) is 3.91. The van der Waals surface area contributed by atoms with Gasteiger partial charge in [-0.1, -0.05) is 0 Å². The number of nitriles is 1. The standard InChI is InChI=1S/C12H14N2O2/c13-6-9-1-2-11(14)12(5-9)16-8-10-3-4-15-7-10/h1-2,5,10H,3-4,7-8,14H2. The minimum atomic E-state index is 0.435. The molecule has 1 aromatic rings. The molecule has 0 aliphatic carbocycles. The number of hydrogen-bond acceptors (Lipinski definition) is 4. The fourth-order valence-corrected chi connectivity index (χ4v) is 1.65. The number of nitrogens with two attached hydrogens (primary N) is 1. The molecule has 2 rings (SSSR count). The Morgan fingerprint density at radius 3 is 3.12 bits per heavy atom. The molecule has 0 radical (unpaired) electrons. The van der Waals surface area contributed by atoms with E-state index in [1.54, 1.807) is 18.2 Å². The summed E-state index contributed by atoms with van der Waals surface area (Å²) in [5.74, 6) is 1.02. The van der Waals surface area contributed by atoms with E-state index in [1.807, 2.05) is 0 Å². The molecule has 0 bridgehead atoms. The molecule has 1 aliphatic heterocycles. The SMILES string of the molecule is N#Cc1ccc(N)c(OCC2CCOC2)c1. The molecule has 84 valence electrons. The van der Waals surface area contributed by atoms with Crippen LogP contribution in [0.4, 0.5) is 5.69 Å². The highest BCUT2D eigenvalue weighted by Gasteiger charge is 2.16. The van der Waals surface area contributed by atoms with Crippen molar-refractivity contribution in [2.45, 2.75) is 6.42 Å². The van der Waals surface area contributed by atoms with Gasteiger partial charge in [0.25, 0.3) is 0 Å². The molecule has 1 heterocycles. The largest absolute Gasteiger partial charge is 0.491 e. The lowest BCUT2D eigenvalue weighted by molar-refractivity contribution is 0.167. The van der Waals surface area contributed by atoms with Gasteiger partial charge in [-0.05, 0) is 18.6 Å². The number of rotatable bonds is 3. The summed E-state index contributed by atoms with van der Waals surface area (Å²) in [7, 11) is 0. The van der Waals surface area contributed by atoms with Gasteiger partial charge in [-0.25, -0.2) is 0 Å². The molecular weight excluding hydrogens is 204 g/mol. The van der Waals surface area contributed by atoms with Crippen LogP contribution >= 0.6 is 0 Å². The highest BCUT2D eigenvalue weighted by molar-refractivity contribution is 5.56. The average Bonchev–Trinajstić information content (AvgIpc) is 2.81. The number of hydrogen-bond donors (Lipinski definition) is 1. The zero-order valence-corrected chi connectivity index (χ0v) is 8.98. The first-order valence-electron chi connectivity index (χ1n) is 5.30. The smallest absolute Gasteiger partial charge is 0.143 e. The fourth-order valence-electron chi connectivity index (χ4n) is 1.65. The van der Waals surface area contributed by atoms with Gasteiger partial charge in [-0.15, -0.1) is 0 Å². The van der Waals surface area contributed by atoms with Crippen molar-refractivity contribution in [3.63, 3.8) is 0 Å². The van der Waals surface area contributed by atoms with E-state index in [-0.39, 0.29) is 0 Å². The molecule has 1 aliphatic rings. The van der Waals surface area contributed by atoms with Crippen LogP contribution in [0.2, 0.25) is 0 Å². The molecule has 0 aromatic heterocycles. The van der Waals surface area contributed by atoms with Crippen LogP contribution in [0, 0.1) is 17.2 Å². The van der Waals surface area contributed by atoms with Crippen molar-refractivity contribution in [3.05, 3.63) is 23.8 Å². The zero-order chi connectivity index (χ0) is 11.4. The summed E-state index contributed by atoms with van der Waals surface area (Å²) in [5.41, 5.74) is 6.89. The van der Waals surface area contributed by atoms with E-state index in [1.165, 1.54) is 0 Å². The van der Waals surface area contributed by atoms with E-state index in [0.717, 1.165) is 19.6 Å². The van der Waals surface area contributed by atoms with Crippen molar-refractivity contribution in [1.82, 2.24) is 0 Å². The van der Waals surface area contributed by atoms with Gasteiger partial charge < -0.3 is 15.2 Å². The van der Waals surface area contributed by atoms with Crippen molar-refractivity contribution in [1.29, 1.82) is 5.26 Å². The third kappa shape index (κ3) is 2.44. The van der Waals surface area contributed by atoms with Crippen molar-refractivity contribution >= 4 is 5.69 Å². The summed E-state index contributed by atoms with van der Waals surface area (Å²) in [6.07, 6.45) is 1.03. The second-order valence-electron chi connectivity index (χ2n) is 3.91. The first kappa shape index (κ1) is 10.8. The molecule has 0 saturated carbocycles. The molecule has 1 saturated heterocycles. The fraction of sp³-hybridized carbons (Fsp3) is 0.417. The van der Waals surface area contributed by atoms with E-state index < -0.39 is 0 Å². The number of benzene rings is 1. The molecule has 0 amide bonds. The van der Waals surface area contributed by atoms with E-state index in [9.17, 15) is 0 Å². The van der Waals surface area contributed by atoms with Crippen LogP contribution in [0.5, 0.6) is 5.75 Å². The topological polar surface area (TPSA) is 68.3 Å². The molecule has 1 atom stereocenters. The summed E-state index contributed by atoms with van der Waals surface area (Å²) in [4.78, 5) is 0. The van der Waals surface area contributed by atoms with E-state index in [4.69, 9.17) is 20.5 Å². The van der Waals surface area contributed by atoms with Crippen molar-refractivity contribution in [3.8, 4) is 11.8 Å². The molecule has 2 N–H and O–H groups in total. The van der Waals surface area contributed by atoms with Gasteiger partial charge in [0.15, 0.2) is 0 Å². The number of nitrogen functional groups attached to an aromatic ring is 1. The lowest BCUT2D eigenvalue weighted by Gasteiger charge is -2.12. The maximum absolute atomic E-state index is 8.77. The Morgan fingerprint density at radius 1 is 1.56 bits per heavy atom. The molecular formula is C12H14N2O2. The first-order valence-corrected chi connectivity index (χ1v) is 5.30. The molecule has 4 nitrogen and oxygen atoms in total. The molecule has 1 unspecified atom stereocenters. The Hall–Kier alpha value is -1.73. The first-order chi connectivity index (χ1) is 7.79. The maximum atomic E-state index is 8.77.